The zero-order valence-electron chi connectivity index (χ0n) is 10.2. The van der Waals surface area contributed by atoms with Gasteiger partial charge < -0.3 is 16.8 Å². The lowest BCUT2D eigenvalue weighted by atomic mass is 10.1. The summed E-state index contributed by atoms with van der Waals surface area (Å²) in [4.78, 5) is 11.3. The van der Waals surface area contributed by atoms with Gasteiger partial charge in [-0.15, -0.1) is 0 Å². The number of nitrogen functional groups attached to an aromatic ring is 1. The molecule has 0 fully saturated rings. The fraction of sp³-hybridized carbons (Fsp3) is 0.417. The molecule has 0 aliphatic heterocycles. The minimum Gasteiger partial charge on any atom is -0.397 e. The van der Waals surface area contributed by atoms with Crippen LogP contribution in [0.2, 0.25) is 0 Å². The van der Waals surface area contributed by atoms with Crippen molar-refractivity contribution in [2.45, 2.75) is 6.92 Å². The molecule has 0 spiro atoms. The molecule has 1 rings (SSSR count). The highest BCUT2D eigenvalue weighted by Crippen LogP contribution is 2.23. The van der Waals surface area contributed by atoms with Crippen molar-refractivity contribution in [1.82, 2.24) is 0 Å². The van der Waals surface area contributed by atoms with Gasteiger partial charge in [-0.05, 0) is 30.1 Å². The molecule has 17 heavy (non-hydrogen) atoms. The highest BCUT2D eigenvalue weighted by molar-refractivity contribution is 7.98. The molecule has 1 atom stereocenters. The van der Waals surface area contributed by atoms with Crippen molar-refractivity contribution in [2.75, 3.05) is 29.6 Å². The van der Waals surface area contributed by atoms with Gasteiger partial charge in [0.1, 0.15) is 0 Å². The summed E-state index contributed by atoms with van der Waals surface area (Å²) in [6, 6.07) is 5.17. The highest BCUT2D eigenvalue weighted by Gasteiger charge is 2.11. The van der Waals surface area contributed by atoms with E-state index >= 15 is 0 Å². The van der Waals surface area contributed by atoms with Crippen LogP contribution in [0.1, 0.15) is 17.3 Å². The molecule has 5 N–H and O–H groups in total. The average Bonchev–Trinajstić information content (AvgIpc) is 2.27. The van der Waals surface area contributed by atoms with Crippen molar-refractivity contribution in [3.8, 4) is 0 Å². The number of para-hydroxylation sites is 1. The molecule has 1 unspecified atom stereocenters. The van der Waals surface area contributed by atoms with Gasteiger partial charge in [-0.25, -0.2) is 0 Å². The fourth-order valence-corrected chi connectivity index (χ4v) is 2.28. The Morgan fingerprint density at radius 3 is 2.82 bits per heavy atom. The maximum absolute atomic E-state index is 11.3. The summed E-state index contributed by atoms with van der Waals surface area (Å²) in [5.74, 6) is 1.11. The zero-order valence-corrected chi connectivity index (χ0v) is 11.0. The number of primary amides is 1. The van der Waals surface area contributed by atoms with Gasteiger partial charge in [-0.3, -0.25) is 4.79 Å². The van der Waals surface area contributed by atoms with E-state index in [-0.39, 0.29) is 0 Å². The quantitative estimate of drug-likeness (QED) is 0.675. The Hall–Kier alpha value is -1.36. The Bertz CT molecular complexity index is 395. The number of nitrogens with one attached hydrogen (secondary N) is 1. The molecule has 0 bridgehead atoms. The van der Waals surface area contributed by atoms with Crippen molar-refractivity contribution in [3.63, 3.8) is 0 Å². The number of rotatable bonds is 6. The number of carbonyl (C=O) groups is 1. The van der Waals surface area contributed by atoms with Crippen molar-refractivity contribution in [1.29, 1.82) is 0 Å². The van der Waals surface area contributed by atoms with Gasteiger partial charge in [0.05, 0.1) is 16.9 Å². The van der Waals surface area contributed by atoms with Crippen LogP contribution < -0.4 is 16.8 Å². The maximum atomic E-state index is 11.3. The lowest BCUT2D eigenvalue weighted by Gasteiger charge is -2.16. The number of benzene rings is 1. The Balaban J connectivity index is 2.79. The third-order valence-corrected chi connectivity index (χ3v) is 3.34. The van der Waals surface area contributed by atoms with Crippen LogP contribution in [0.25, 0.3) is 0 Å². The number of carbonyl (C=O) groups excluding carboxylic acids is 1. The molecule has 1 aromatic rings. The third-order valence-electron chi connectivity index (χ3n) is 2.44. The number of hydrogen-bond acceptors (Lipinski definition) is 4. The van der Waals surface area contributed by atoms with Crippen LogP contribution in [0.4, 0.5) is 11.4 Å². The summed E-state index contributed by atoms with van der Waals surface area (Å²) in [5, 5.41) is 3.21. The van der Waals surface area contributed by atoms with Gasteiger partial charge in [0.15, 0.2) is 0 Å². The average molecular weight is 253 g/mol. The number of amides is 1. The predicted molar refractivity (Wildman–Crippen MR) is 75.4 cm³/mol. The van der Waals surface area contributed by atoms with Crippen molar-refractivity contribution in [3.05, 3.63) is 23.8 Å². The van der Waals surface area contributed by atoms with E-state index in [0.717, 1.165) is 12.3 Å². The van der Waals surface area contributed by atoms with Gasteiger partial charge in [0.2, 0.25) is 0 Å². The number of thioether (sulfide) groups is 1. The molecule has 0 aromatic heterocycles. The van der Waals surface area contributed by atoms with Crippen LogP contribution in [0.15, 0.2) is 18.2 Å². The van der Waals surface area contributed by atoms with E-state index in [1.165, 1.54) is 0 Å². The van der Waals surface area contributed by atoms with Crippen LogP contribution in [0.5, 0.6) is 0 Å². The first-order valence-electron chi connectivity index (χ1n) is 5.47. The van der Waals surface area contributed by atoms with E-state index in [2.05, 4.69) is 18.5 Å². The second-order valence-corrected chi connectivity index (χ2v) is 4.99. The minimum atomic E-state index is -0.461. The van der Waals surface area contributed by atoms with E-state index in [1.807, 2.05) is 0 Å². The molecule has 0 saturated heterocycles. The number of anilines is 2. The van der Waals surface area contributed by atoms with Crippen molar-refractivity contribution >= 4 is 29.0 Å². The summed E-state index contributed by atoms with van der Waals surface area (Å²) < 4.78 is 0. The first-order chi connectivity index (χ1) is 8.06. The molecule has 0 aliphatic carbocycles. The second-order valence-electron chi connectivity index (χ2n) is 4.08. The molecular formula is C12H19N3OS. The number of hydrogen-bond donors (Lipinski definition) is 3. The van der Waals surface area contributed by atoms with Crippen LogP contribution in [-0.4, -0.2) is 24.5 Å². The van der Waals surface area contributed by atoms with E-state index < -0.39 is 5.91 Å². The van der Waals surface area contributed by atoms with E-state index in [9.17, 15) is 4.79 Å². The van der Waals surface area contributed by atoms with Crippen molar-refractivity contribution in [2.24, 2.45) is 11.7 Å². The molecule has 5 heteroatoms. The highest BCUT2D eigenvalue weighted by atomic mass is 32.2. The smallest absolute Gasteiger partial charge is 0.250 e. The predicted octanol–water partition coefficient (Wildman–Crippen LogP) is 1.78. The third kappa shape index (κ3) is 3.85. The molecule has 94 valence electrons. The SMILES string of the molecule is CSCC(C)CNc1c(N)cccc1C(N)=O. The lowest BCUT2D eigenvalue weighted by Crippen LogP contribution is -2.19. The van der Waals surface area contributed by atoms with Crippen molar-refractivity contribution < 1.29 is 4.79 Å². The Morgan fingerprint density at radius 1 is 1.53 bits per heavy atom. The molecule has 0 saturated carbocycles. The second kappa shape index (κ2) is 6.39. The standard InChI is InChI=1S/C12H19N3OS/c1-8(7-17-2)6-15-11-9(12(14)16)4-3-5-10(11)13/h3-5,8,15H,6-7,13H2,1-2H3,(H2,14,16). The summed E-state index contributed by atoms with van der Waals surface area (Å²) in [6.07, 6.45) is 2.07. The summed E-state index contributed by atoms with van der Waals surface area (Å²) in [6.45, 7) is 2.92. The molecule has 0 radical (unpaired) electrons. The van der Waals surface area contributed by atoms with Gasteiger partial charge in [0, 0.05) is 6.54 Å². The van der Waals surface area contributed by atoms with Gasteiger partial charge in [-0.2, -0.15) is 11.8 Å². The lowest BCUT2D eigenvalue weighted by molar-refractivity contribution is 0.100. The van der Waals surface area contributed by atoms with Crippen LogP contribution in [0, 0.1) is 5.92 Å². The van der Waals surface area contributed by atoms with Crippen LogP contribution in [-0.2, 0) is 0 Å². The van der Waals surface area contributed by atoms with E-state index in [4.69, 9.17) is 11.5 Å². The maximum Gasteiger partial charge on any atom is 0.250 e. The van der Waals surface area contributed by atoms with Gasteiger partial charge in [-0.1, -0.05) is 13.0 Å². The van der Waals surface area contributed by atoms with Gasteiger partial charge in [0.25, 0.3) is 5.91 Å². The first-order valence-corrected chi connectivity index (χ1v) is 6.86. The number of nitrogens with two attached hydrogens (primary N) is 2. The molecular weight excluding hydrogens is 234 g/mol. The van der Waals surface area contributed by atoms with Crippen LogP contribution in [0.3, 0.4) is 0 Å². The molecule has 0 heterocycles. The van der Waals surface area contributed by atoms with E-state index in [1.54, 1.807) is 30.0 Å². The summed E-state index contributed by atoms with van der Waals surface area (Å²) >= 11 is 1.80. The Morgan fingerprint density at radius 2 is 2.24 bits per heavy atom. The molecule has 1 aromatic carbocycles. The summed E-state index contributed by atoms with van der Waals surface area (Å²) in [5.41, 5.74) is 12.8. The normalized spacial score (nSPS) is 12.1. The topological polar surface area (TPSA) is 81.1 Å². The molecule has 1 amide bonds. The zero-order chi connectivity index (χ0) is 12.8. The fourth-order valence-electron chi connectivity index (χ4n) is 1.59. The van der Waals surface area contributed by atoms with E-state index in [0.29, 0.717) is 22.9 Å². The minimum absolute atomic E-state index is 0.446. The monoisotopic (exact) mass is 253 g/mol. The van der Waals surface area contributed by atoms with Gasteiger partial charge >= 0.3 is 0 Å². The first kappa shape index (κ1) is 13.7. The Kier molecular flexibility index (Phi) is 5.15. The summed E-state index contributed by atoms with van der Waals surface area (Å²) in [7, 11) is 0. The Labute approximate surface area is 106 Å². The molecule has 4 nitrogen and oxygen atoms in total. The largest absolute Gasteiger partial charge is 0.397 e. The van der Waals surface area contributed by atoms with Crippen LogP contribution >= 0.6 is 11.8 Å². The molecule has 0 aliphatic rings.